The van der Waals surface area contributed by atoms with Crippen molar-refractivity contribution < 1.29 is 14.3 Å². The van der Waals surface area contributed by atoms with Crippen molar-refractivity contribution in [1.29, 1.82) is 0 Å². The van der Waals surface area contributed by atoms with E-state index < -0.39 is 0 Å². The molecule has 1 amide bonds. The maximum atomic E-state index is 12.5. The third-order valence-electron chi connectivity index (χ3n) is 5.25. The van der Waals surface area contributed by atoms with Crippen molar-refractivity contribution in [2.75, 3.05) is 26.3 Å². The Bertz CT molecular complexity index is 733. The molecule has 2 aliphatic heterocycles. The Morgan fingerprint density at radius 2 is 2.08 bits per heavy atom. The van der Waals surface area contributed by atoms with Crippen LogP contribution in [0, 0.1) is 5.41 Å². The quantitative estimate of drug-likeness (QED) is 0.835. The van der Waals surface area contributed by atoms with E-state index in [4.69, 9.17) is 9.47 Å². The predicted octanol–water partition coefficient (Wildman–Crippen LogP) is 1.96. The van der Waals surface area contributed by atoms with Gasteiger partial charge in [0.15, 0.2) is 0 Å². The fourth-order valence-electron chi connectivity index (χ4n) is 3.73. The van der Waals surface area contributed by atoms with Crippen LogP contribution in [0.1, 0.15) is 29.8 Å². The number of rotatable bonds is 4. The van der Waals surface area contributed by atoms with E-state index in [-0.39, 0.29) is 17.4 Å². The van der Waals surface area contributed by atoms with E-state index in [0.29, 0.717) is 12.3 Å². The minimum Gasteiger partial charge on any atom is -0.489 e. The molecule has 1 atom stereocenters. The summed E-state index contributed by atoms with van der Waals surface area (Å²) in [5.41, 5.74) is 0.566. The third kappa shape index (κ3) is 3.67. The van der Waals surface area contributed by atoms with Crippen molar-refractivity contribution in [2.24, 2.45) is 5.41 Å². The molecule has 1 spiro atoms. The molecule has 7 nitrogen and oxygen atoms in total. The Morgan fingerprint density at radius 1 is 1.23 bits per heavy atom. The number of piperidine rings is 1. The van der Waals surface area contributed by atoms with Gasteiger partial charge in [-0.3, -0.25) is 14.8 Å². The van der Waals surface area contributed by atoms with Gasteiger partial charge < -0.3 is 14.4 Å². The summed E-state index contributed by atoms with van der Waals surface area (Å²) in [5, 5.41) is 0. The number of pyridine rings is 1. The van der Waals surface area contributed by atoms with Gasteiger partial charge >= 0.3 is 0 Å². The number of carbonyl (C=O) groups is 1. The van der Waals surface area contributed by atoms with Gasteiger partial charge in [-0.2, -0.15) is 0 Å². The van der Waals surface area contributed by atoms with E-state index in [2.05, 4.69) is 15.0 Å². The molecule has 0 radical (unpaired) electrons. The normalized spacial score (nSPS) is 21.7. The average molecular weight is 354 g/mol. The van der Waals surface area contributed by atoms with Crippen LogP contribution in [0.3, 0.4) is 0 Å². The highest BCUT2D eigenvalue weighted by Crippen LogP contribution is 2.42. The molecule has 0 saturated carbocycles. The Kier molecular flexibility index (Phi) is 4.79. The molecule has 7 heteroatoms. The number of ether oxygens (including phenoxy) is 2. The summed E-state index contributed by atoms with van der Waals surface area (Å²) in [6.07, 6.45) is 11.0. The Morgan fingerprint density at radius 3 is 2.81 bits per heavy atom. The molecule has 0 bridgehead atoms. The number of hydrogen-bond donors (Lipinski definition) is 0. The molecule has 2 saturated heterocycles. The SMILES string of the molecule is O=C(c1cnccn1)N1CCC2(CC1)CO[C@H](COc1cccnc1)C2. The van der Waals surface area contributed by atoms with Crippen molar-refractivity contribution in [3.8, 4) is 5.75 Å². The standard InChI is InChI=1S/C19H22N4O3/c24-18(17-12-21-6-7-22-17)23-8-3-19(4-9-23)10-16(26-14-19)13-25-15-2-1-5-20-11-15/h1-2,5-7,11-12,16H,3-4,8-10,13-14H2/t16-/m0/s1. The zero-order chi connectivity index (χ0) is 17.8. The summed E-state index contributed by atoms with van der Waals surface area (Å²) < 4.78 is 11.8. The highest BCUT2D eigenvalue weighted by atomic mass is 16.5. The summed E-state index contributed by atoms with van der Waals surface area (Å²) >= 11 is 0. The van der Waals surface area contributed by atoms with Gasteiger partial charge in [0.2, 0.25) is 0 Å². The van der Waals surface area contributed by atoms with Crippen LogP contribution >= 0.6 is 0 Å². The zero-order valence-corrected chi connectivity index (χ0v) is 14.6. The fourth-order valence-corrected chi connectivity index (χ4v) is 3.73. The zero-order valence-electron chi connectivity index (χ0n) is 14.6. The lowest BCUT2D eigenvalue weighted by Gasteiger charge is -2.38. The van der Waals surface area contributed by atoms with E-state index in [0.717, 1.165) is 44.7 Å². The van der Waals surface area contributed by atoms with Crippen molar-refractivity contribution in [1.82, 2.24) is 19.9 Å². The van der Waals surface area contributed by atoms with Gasteiger partial charge in [0, 0.05) is 31.7 Å². The number of likely N-dealkylation sites (tertiary alicyclic amines) is 1. The van der Waals surface area contributed by atoms with Crippen LogP contribution in [0.4, 0.5) is 0 Å². The van der Waals surface area contributed by atoms with Crippen molar-refractivity contribution in [3.05, 3.63) is 48.8 Å². The van der Waals surface area contributed by atoms with Crippen molar-refractivity contribution in [2.45, 2.75) is 25.4 Å². The maximum absolute atomic E-state index is 12.5. The number of hydrogen-bond acceptors (Lipinski definition) is 6. The van der Waals surface area contributed by atoms with E-state index in [1.54, 1.807) is 24.8 Å². The number of carbonyl (C=O) groups excluding carboxylic acids is 1. The van der Waals surface area contributed by atoms with E-state index in [9.17, 15) is 4.79 Å². The smallest absolute Gasteiger partial charge is 0.274 e. The lowest BCUT2D eigenvalue weighted by molar-refractivity contribution is 0.0424. The van der Waals surface area contributed by atoms with Gasteiger partial charge in [-0.25, -0.2) is 4.98 Å². The average Bonchev–Trinajstić information content (AvgIpc) is 3.10. The van der Waals surface area contributed by atoms with E-state index >= 15 is 0 Å². The molecule has 2 aromatic heterocycles. The highest BCUT2D eigenvalue weighted by Gasteiger charge is 2.43. The first kappa shape index (κ1) is 16.9. The van der Waals surface area contributed by atoms with E-state index in [1.165, 1.54) is 6.20 Å². The fraction of sp³-hybridized carbons (Fsp3) is 0.474. The molecule has 4 heterocycles. The molecule has 2 fully saturated rings. The first-order valence-electron chi connectivity index (χ1n) is 8.94. The molecule has 0 unspecified atom stereocenters. The van der Waals surface area contributed by atoms with Gasteiger partial charge in [-0.1, -0.05) is 0 Å². The van der Waals surface area contributed by atoms with Gasteiger partial charge in [0.05, 0.1) is 25.1 Å². The summed E-state index contributed by atoms with van der Waals surface area (Å²) in [6, 6.07) is 3.75. The molecule has 2 aromatic rings. The van der Waals surface area contributed by atoms with Gasteiger partial charge in [-0.05, 0) is 36.8 Å². The highest BCUT2D eigenvalue weighted by molar-refractivity contribution is 5.92. The maximum Gasteiger partial charge on any atom is 0.274 e. The molecule has 2 aliphatic rings. The Labute approximate surface area is 152 Å². The first-order valence-corrected chi connectivity index (χ1v) is 8.94. The third-order valence-corrected chi connectivity index (χ3v) is 5.25. The van der Waals surface area contributed by atoms with Crippen LogP contribution in [0.25, 0.3) is 0 Å². The van der Waals surface area contributed by atoms with Crippen LogP contribution in [0.2, 0.25) is 0 Å². The molecule has 136 valence electrons. The second-order valence-electron chi connectivity index (χ2n) is 7.02. The summed E-state index contributed by atoms with van der Waals surface area (Å²) in [6.45, 7) is 2.74. The second-order valence-corrected chi connectivity index (χ2v) is 7.02. The van der Waals surface area contributed by atoms with Crippen molar-refractivity contribution in [3.63, 3.8) is 0 Å². The molecular formula is C19H22N4O3. The number of nitrogens with zero attached hydrogens (tertiary/aromatic N) is 4. The van der Waals surface area contributed by atoms with Crippen LogP contribution in [0.5, 0.6) is 5.75 Å². The summed E-state index contributed by atoms with van der Waals surface area (Å²) in [5.74, 6) is 0.727. The molecule has 0 aromatic carbocycles. The lowest BCUT2D eigenvalue weighted by atomic mass is 9.76. The Hall–Kier alpha value is -2.54. The predicted molar refractivity (Wildman–Crippen MR) is 93.7 cm³/mol. The van der Waals surface area contributed by atoms with Crippen LogP contribution < -0.4 is 4.74 Å². The van der Waals surface area contributed by atoms with Crippen LogP contribution in [0.15, 0.2) is 43.1 Å². The molecule has 0 N–H and O–H groups in total. The Balaban J connectivity index is 1.28. The largest absolute Gasteiger partial charge is 0.489 e. The number of aromatic nitrogens is 3. The molecule has 4 rings (SSSR count). The minimum atomic E-state index is -0.0386. The molecular weight excluding hydrogens is 332 g/mol. The van der Waals surface area contributed by atoms with Crippen LogP contribution in [-0.2, 0) is 4.74 Å². The monoisotopic (exact) mass is 354 g/mol. The summed E-state index contributed by atoms with van der Waals surface area (Å²) in [4.78, 5) is 26.5. The number of amides is 1. The minimum absolute atomic E-state index is 0.0386. The van der Waals surface area contributed by atoms with Gasteiger partial charge in [-0.15, -0.1) is 0 Å². The van der Waals surface area contributed by atoms with Crippen LogP contribution in [-0.4, -0.2) is 58.2 Å². The van der Waals surface area contributed by atoms with Gasteiger partial charge in [0.25, 0.3) is 5.91 Å². The summed E-state index contributed by atoms with van der Waals surface area (Å²) in [7, 11) is 0. The van der Waals surface area contributed by atoms with Crippen molar-refractivity contribution >= 4 is 5.91 Å². The topological polar surface area (TPSA) is 77.4 Å². The molecule has 0 aliphatic carbocycles. The van der Waals surface area contributed by atoms with Gasteiger partial charge in [0.1, 0.15) is 18.1 Å². The first-order chi connectivity index (χ1) is 12.7. The lowest BCUT2D eigenvalue weighted by Crippen LogP contribution is -2.43. The second kappa shape index (κ2) is 7.37. The van der Waals surface area contributed by atoms with E-state index in [1.807, 2.05) is 17.0 Å². The molecule has 26 heavy (non-hydrogen) atoms.